The Hall–Kier alpha value is -1.56. The van der Waals surface area contributed by atoms with Crippen LogP contribution < -0.4 is 9.47 Å². The van der Waals surface area contributed by atoms with E-state index in [0.29, 0.717) is 6.07 Å². The first kappa shape index (κ1) is 22.7. The van der Waals surface area contributed by atoms with Gasteiger partial charge in [-0.15, -0.1) is 0 Å². The average Bonchev–Trinajstić information content (AvgIpc) is 2.54. The van der Waals surface area contributed by atoms with Gasteiger partial charge in [-0.25, -0.2) is 0 Å². The Morgan fingerprint density at radius 3 is 1.61 bits per heavy atom. The van der Waals surface area contributed by atoms with Gasteiger partial charge >= 0.3 is 21.9 Å². The van der Waals surface area contributed by atoms with Gasteiger partial charge in [0.25, 0.3) is 0 Å². The van der Waals surface area contributed by atoms with Crippen LogP contribution in [0.3, 0.4) is 0 Å². The normalized spacial score (nSPS) is 13.4. The van der Waals surface area contributed by atoms with Crippen molar-refractivity contribution < 1.29 is 44.6 Å². The molecule has 28 heavy (non-hydrogen) atoms. The maximum atomic E-state index is 13.7. The standard InChI is InChI=1S/C16H8Br2F8O2/c17-13(19,20)15(23,24)27-11-8-4-7-10(9-5-2-1-3-6-9)12(11)28-16(25,26)14(18,21)22/h1-8H. The van der Waals surface area contributed by atoms with E-state index in [0.717, 1.165) is 12.1 Å². The largest absolute Gasteiger partial charge is 0.475 e. The van der Waals surface area contributed by atoms with Crippen LogP contribution in [-0.4, -0.2) is 21.9 Å². The molecule has 154 valence electrons. The van der Waals surface area contributed by atoms with Crippen LogP contribution in [0.1, 0.15) is 0 Å². The molecule has 0 N–H and O–H groups in total. The molecule has 0 heterocycles. The molecule has 0 aromatic heterocycles. The van der Waals surface area contributed by atoms with E-state index in [9.17, 15) is 35.1 Å². The van der Waals surface area contributed by atoms with Gasteiger partial charge in [0.15, 0.2) is 11.5 Å². The second-order valence-electron chi connectivity index (χ2n) is 5.23. The average molecular weight is 544 g/mol. The second-order valence-corrected chi connectivity index (χ2v) is 7.22. The van der Waals surface area contributed by atoms with E-state index in [2.05, 4.69) is 9.47 Å². The Balaban J connectivity index is 2.63. The number of ether oxygens (including phenoxy) is 2. The zero-order chi connectivity index (χ0) is 21.4. The van der Waals surface area contributed by atoms with Crippen molar-refractivity contribution in [3.8, 4) is 22.6 Å². The van der Waals surface area contributed by atoms with E-state index in [-0.39, 0.29) is 11.1 Å². The fraction of sp³-hybridized carbons (Fsp3) is 0.250. The third-order valence-electron chi connectivity index (χ3n) is 3.19. The maximum absolute atomic E-state index is 13.7. The Labute approximate surface area is 169 Å². The molecule has 2 rings (SSSR count). The first-order chi connectivity index (χ1) is 12.7. The fourth-order valence-electron chi connectivity index (χ4n) is 1.93. The van der Waals surface area contributed by atoms with Crippen molar-refractivity contribution in [1.82, 2.24) is 0 Å². The number of benzene rings is 2. The second kappa shape index (κ2) is 7.69. The lowest BCUT2D eigenvalue weighted by Gasteiger charge is -2.27. The van der Waals surface area contributed by atoms with E-state index in [4.69, 9.17) is 0 Å². The Morgan fingerprint density at radius 2 is 1.11 bits per heavy atom. The summed E-state index contributed by atoms with van der Waals surface area (Å²) in [5.74, 6) is -2.59. The van der Waals surface area contributed by atoms with Crippen LogP contribution in [0.4, 0.5) is 35.1 Å². The zero-order valence-corrected chi connectivity index (χ0v) is 16.4. The summed E-state index contributed by atoms with van der Waals surface area (Å²) in [4.78, 5) is -9.79. The molecule has 0 aliphatic carbocycles. The van der Waals surface area contributed by atoms with Crippen molar-refractivity contribution in [1.29, 1.82) is 0 Å². The summed E-state index contributed by atoms with van der Waals surface area (Å²) in [7, 11) is 0. The number of rotatable bonds is 7. The molecule has 0 unspecified atom stereocenters. The van der Waals surface area contributed by atoms with Crippen LogP contribution in [0.5, 0.6) is 11.5 Å². The van der Waals surface area contributed by atoms with Crippen LogP contribution in [0, 0.1) is 0 Å². The quantitative estimate of drug-likeness (QED) is 0.270. The number of hydrogen-bond donors (Lipinski definition) is 0. The summed E-state index contributed by atoms with van der Waals surface area (Å²) >= 11 is 2.85. The predicted molar refractivity (Wildman–Crippen MR) is 90.8 cm³/mol. The van der Waals surface area contributed by atoms with Gasteiger partial charge in [0.1, 0.15) is 0 Å². The summed E-state index contributed by atoms with van der Waals surface area (Å²) in [6, 6.07) is 9.74. The Bertz CT molecular complexity index is 820. The van der Waals surface area contributed by atoms with Crippen LogP contribution in [0.2, 0.25) is 0 Å². The Morgan fingerprint density at radius 1 is 0.607 bits per heavy atom. The molecule has 0 amide bonds. The number of hydrogen-bond acceptors (Lipinski definition) is 2. The SMILES string of the molecule is FC(F)(Br)C(F)(F)Oc1cccc(-c2ccccc2)c1OC(F)(F)C(F)(F)Br. The van der Waals surface area contributed by atoms with Crippen molar-refractivity contribution in [3.63, 3.8) is 0 Å². The van der Waals surface area contributed by atoms with Gasteiger partial charge in [0.05, 0.1) is 0 Å². The van der Waals surface area contributed by atoms with Gasteiger partial charge in [-0.2, -0.15) is 35.1 Å². The molecule has 0 aliphatic rings. The minimum Gasteiger partial charge on any atom is -0.423 e. The zero-order valence-electron chi connectivity index (χ0n) is 13.2. The molecular formula is C16H8Br2F8O2. The highest BCUT2D eigenvalue weighted by atomic mass is 79.9. The van der Waals surface area contributed by atoms with Crippen LogP contribution in [-0.2, 0) is 0 Å². The monoisotopic (exact) mass is 542 g/mol. The van der Waals surface area contributed by atoms with E-state index in [1.54, 1.807) is 0 Å². The lowest BCUT2D eigenvalue weighted by molar-refractivity contribution is -0.276. The molecule has 12 heteroatoms. The number of alkyl halides is 10. The summed E-state index contributed by atoms with van der Waals surface area (Å²) in [6.45, 7) is 0. The van der Waals surface area contributed by atoms with E-state index < -0.39 is 33.4 Å². The van der Waals surface area contributed by atoms with Crippen molar-refractivity contribution in [2.75, 3.05) is 0 Å². The van der Waals surface area contributed by atoms with Crippen molar-refractivity contribution in [2.24, 2.45) is 0 Å². The molecule has 0 spiro atoms. The van der Waals surface area contributed by atoms with Gasteiger partial charge in [-0.05, 0) is 11.6 Å². The minimum absolute atomic E-state index is 0.0885. The minimum atomic E-state index is -5.23. The molecule has 0 radical (unpaired) electrons. The van der Waals surface area contributed by atoms with Gasteiger partial charge in [0.2, 0.25) is 0 Å². The summed E-state index contributed by atoms with van der Waals surface area (Å²) in [6.07, 6.45) is -10.4. The summed E-state index contributed by atoms with van der Waals surface area (Å²) in [5.41, 5.74) is -0.284. The molecule has 2 aromatic carbocycles. The molecule has 2 aromatic rings. The van der Waals surface area contributed by atoms with Crippen molar-refractivity contribution in [3.05, 3.63) is 48.5 Å². The highest BCUT2D eigenvalue weighted by Gasteiger charge is 2.60. The van der Waals surface area contributed by atoms with E-state index in [1.165, 1.54) is 62.2 Å². The molecule has 0 saturated heterocycles. The van der Waals surface area contributed by atoms with Crippen molar-refractivity contribution in [2.45, 2.75) is 21.9 Å². The topological polar surface area (TPSA) is 18.5 Å². The van der Waals surface area contributed by atoms with Gasteiger partial charge in [-0.3, -0.25) is 0 Å². The third kappa shape index (κ3) is 4.88. The first-order valence-corrected chi connectivity index (χ1v) is 8.70. The van der Waals surface area contributed by atoms with Crippen LogP contribution >= 0.6 is 31.9 Å². The molecular weight excluding hydrogens is 536 g/mol. The van der Waals surface area contributed by atoms with Gasteiger partial charge in [0, 0.05) is 37.4 Å². The van der Waals surface area contributed by atoms with E-state index in [1.807, 2.05) is 0 Å². The fourth-order valence-corrected chi connectivity index (χ4v) is 2.09. The van der Waals surface area contributed by atoms with Crippen LogP contribution in [0.15, 0.2) is 48.5 Å². The van der Waals surface area contributed by atoms with Gasteiger partial charge in [-0.1, -0.05) is 42.5 Å². The van der Waals surface area contributed by atoms with Gasteiger partial charge < -0.3 is 9.47 Å². The molecule has 0 bridgehead atoms. The molecule has 2 nitrogen and oxygen atoms in total. The first-order valence-electron chi connectivity index (χ1n) is 7.11. The van der Waals surface area contributed by atoms with E-state index >= 15 is 0 Å². The predicted octanol–water partition coefficient (Wildman–Crippen LogP) is 7.27. The lowest BCUT2D eigenvalue weighted by atomic mass is 10.0. The number of halogens is 10. The highest BCUT2D eigenvalue weighted by molar-refractivity contribution is 9.10. The smallest absolute Gasteiger partial charge is 0.423 e. The molecule has 0 aliphatic heterocycles. The lowest BCUT2D eigenvalue weighted by Crippen LogP contribution is -2.42. The third-order valence-corrected chi connectivity index (χ3v) is 4.12. The van der Waals surface area contributed by atoms with Crippen molar-refractivity contribution >= 4 is 31.9 Å². The van der Waals surface area contributed by atoms with Crippen LogP contribution in [0.25, 0.3) is 11.1 Å². The molecule has 0 fully saturated rings. The number of para-hydroxylation sites is 1. The molecule has 0 atom stereocenters. The summed E-state index contributed by atoms with van der Waals surface area (Å²) < 4.78 is 115. The Kier molecular flexibility index (Phi) is 6.25. The maximum Gasteiger partial charge on any atom is 0.475 e. The highest BCUT2D eigenvalue weighted by Crippen LogP contribution is 2.49. The summed E-state index contributed by atoms with van der Waals surface area (Å²) in [5, 5.41) is 0. The molecule has 0 saturated carbocycles.